The van der Waals surface area contributed by atoms with Crippen LogP contribution in [0.2, 0.25) is 16.6 Å². The molecule has 1 aromatic heterocycles. The zero-order valence-corrected chi connectivity index (χ0v) is 17.1. The van der Waals surface area contributed by atoms with E-state index in [0.717, 1.165) is 5.56 Å². The highest BCUT2D eigenvalue weighted by Gasteiger charge is 2.46. The van der Waals surface area contributed by atoms with E-state index >= 15 is 0 Å². The average Bonchev–Trinajstić information content (AvgIpc) is 2.86. The second-order valence-electron chi connectivity index (χ2n) is 7.65. The second kappa shape index (κ2) is 7.14. The highest BCUT2D eigenvalue weighted by molar-refractivity contribution is 6.82. The standard InChI is InChI=1S/C20H31NO2Si/c1-14(2)24(15(3)4,16(5)6)21-13-17(12-20(22)23-7)18-10-8-9-11-19(18)21/h8-11,13-16H,12H2,1-7H3. The maximum absolute atomic E-state index is 11.9. The van der Waals surface area contributed by atoms with Gasteiger partial charge in [-0.05, 0) is 28.3 Å². The number of hydrogen-bond donors (Lipinski definition) is 0. The van der Waals surface area contributed by atoms with Gasteiger partial charge in [0.25, 0.3) is 0 Å². The van der Waals surface area contributed by atoms with Gasteiger partial charge in [0.05, 0.1) is 13.5 Å². The Balaban J connectivity index is 2.77. The van der Waals surface area contributed by atoms with Crippen molar-refractivity contribution in [3.63, 3.8) is 0 Å². The molecule has 0 saturated carbocycles. The van der Waals surface area contributed by atoms with Crippen LogP contribution in [0.3, 0.4) is 0 Å². The number of carbonyl (C=O) groups is 1. The van der Waals surface area contributed by atoms with E-state index in [0.29, 0.717) is 23.0 Å². The molecular formula is C20H31NO2Si. The van der Waals surface area contributed by atoms with Gasteiger partial charge in [0.1, 0.15) is 0 Å². The third-order valence-corrected chi connectivity index (χ3v) is 12.3. The largest absolute Gasteiger partial charge is 0.469 e. The number of ether oxygens (including phenoxy) is 1. The van der Waals surface area contributed by atoms with Crippen LogP contribution in [0.5, 0.6) is 0 Å². The van der Waals surface area contributed by atoms with E-state index in [1.807, 2.05) is 0 Å². The lowest BCUT2D eigenvalue weighted by molar-refractivity contribution is -0.139. The third-order valence-electron chi connectivity index (χ3n) is 5.55. The molecule has 132 valence electrons. The summed E-state index contributed by atoms with van der Waals surface area (Å²) in [6.45, 7) is 14.2. The Kier molecular flexibility index (Phi) is 5.58. The molecule has 24 heavy (non-hydrogen) atoms. The molecule has 2 rings (SSSR count). The lowest BCUT2D eigenvalue weighted by Crippen LogP contribution is -2.51. The Labute approximate surface area is 147 Å². The van der Waals surface area contributed by atoms with Crippen molar-refractivity contribution >= 4 is 25.1 Å². The first-order valence-corrected chi connectivity index (χ1v) is 11.1. The molecule has 0 atom stereocenters. The first kappa shape index (κ1) is 18.8. The predicted molar refractivity (Wildman–Crippen MR) is 104 cm³/mol. The SMILES string of the molecule is COC(=O)Cc1cn([Si](C(C)C)(C(C)C)C(C)C)c2ccccc12. The zero-order valence-electron chi connectivity index (χ0n) is 16.1. The fraction of sp³-hybridized carbons (Fsp3) is 0.550. The molecule has 0 saturated heterocycles. The molecule has 3 nitrogen and oxygen atoms in total. The Morgan fingerprint density at radius 3 is 2.08 bits per heavy atom. The molecule has 0 bridgehead atoms. The Bertz CT molecular complexity index is 694. The smallest absolute Gasteiger partial charge is 0.310 e. The van der Waals surface area contributed by atoms with E-state index in [4.69, 9.17) is 4.74 Å². The summed E-state index contributed by atoms with van der Waals surface area (Å²) in [5.41, 5.74) is 4.17. The summed E-state index contributed by atoms with van der Waals surface area (Å²) in [6, 6.07) is 8.48. The summed E-state index contributed by atoms with van der Waals surface area (Å²) in [7, 11) is -0.389. The molecule has 0 aliphatic rings. The van der Waals surface area contributed by atoms with Crippen molar-refractivity contribution in [2.45, 2.75) is 64.6 Å². The number of rotatable bonds is 6. The van der Waals surface area contributed by atoms with Crippen molar-refractivity contribution in [1.29, 1.82) is 0 Å². The fourth-order valence-corrected chi connectivity index (χ4v) is 11.4. The Hall–Kier alpha value is -1.55. The van der Waals surface area contributed by atoms with Gasteiger partial charge in [-0.25, -0.2) is 0 Å². The minimum Gasteiger partial charge on any atom is -0.469 e. The van der Waals surface area contributed by atoms with Crippen LogP contribution in [0.25, 0.3) is 10.9 Å². The lowest BCUT2D eigenvalue weighted by atomic mass is 10.1. The Morgan fingerprint density at radius 2 is 1.58 bits per heavy atom. The molecule has 0 spiro atoms. The normalized spacial score (nSPS) is 12.6. The van der Waals surface area contributed by atoms with Gasteiger partial charge in [-0.3, -0.25) is 4.79 Å². The van der Waals surface area contributed by atoms with Crippen molar-refractivity contribution < 1.29 is 9.53 Å². The highest BCUT2D eigenvalue weighted by atomic mass is 28.3. The number of hydrogen-bond acceptors (Lipinski definition) is 2. The minimum absolute atomic E-state index is 0.177. The number of benzene rings is 1. The zero-order chi connectivity index (χ0) is 18.1. The van der Waals surface area contributed by atoms with Crippen molar-refractivity contribution in [2.24, 2.45) is 0 Å². The van der Waals surface area contributed by atoms with Gasteiger partial charge in [0.15, 0.2) is 8.24 Å². The quantitative estimate of drug-likeness (QED) is 0.520. The average molecular weight is 346 g/mol. The van der Waals surface area contributed by atoms with Crippen LogP contribution in [0.15, 0.2) is 30.5 Å². The van der Waals surface area contributed by atoms with Crippen molar-refractivity contribution in [2.75, 3.05) is 7.11 Å². The molecule has 0 aliphatic heterocycles. The van der Waals surface area contributed by atoms with Gasteiger partial charge in [-0.1, -0.05) is 59.7 Å². The predicted octanol–water partition coefficient (Wildman–Crippen LogP) is 5.38. The number of para-hydroxylation sites is 1. The van der Waals surface area contributed by atoms with Crippen LogP contribution >= 0.6 is 0 Å². The summed E-state index contributed by atoms with van der Waals surface area (Å²) in [4.78, 5) is 11.9. The minimum atomic E-state index is -1.84. The Morgan fingerprint density at radius 1 is 1.04 bits per heavy atom. The summed E-state index contributed by atoms with van der Waals surface area (Å²) in [6.07, 6.45) is 2.58. The van der Waals surface area contributed by atoms with E-state index in [9.17, 15) is 4.79 Å². The number of nitrogens with zero attached hydrogens (tertiary/aromatic N) is 1. The topological polar surface area (TPSA) is 31.2 Å². The van der Waals surface area contributed by atoms with Crippen LogP contribution in [-0.4, -0.2) is 25.5 Å². The lowest BCUT2D eigenvalue weighted by Gasteiger charge is -2.44. The van der Waals surface area contributed by atoms with Gasteiger partial charge < -0.3 is 8.97 Å². The number of aromatic nitrogens is 1. The molecule has 0 aliphatic carbocycles. The maximum atomic E-state index is 11.9. The number of fused-ring (bicyclic) bond motifs is 1. The second-order valence-corrected chi connectivity index (χ2v) is 13.4. The first-order chi connectivity index (χ1) is 11.3. The molecule has 0 amide bonds. The molecule has 0 radical (unpaired) electrons. The van der Waals surface area contributed by atoms with Crippen LogP contribution < -0.4 is 0 Å². The van der Waals surface area contributed by atoms with Crippen LogP contribution in [-0.2, 0) is 16.0 Å². The van der Waals surface area contributed by atoms with Gasteiger partial charge in [0.2, 0.25) is 0 Å². The highest BCUT2D eigenvalue weighted by Crippen LogP contribution is 2.44. The first-order valence-electron chi connectivity index (χ1n) is 8.93. The van der Waals surface area contributed by atoms with Gasteiger partial charge in [-0.15, -0.1) is 0 Å². The molecule has 0 unspecified atom stereocenters. The van der Waals surface area contributed by atoms with E-state index in [1.165, 1.54) is 18.0 Å². The molecule has 1 heterocycles. The molecule has 1 aromatic carbocycles. The van der Waals surface area contributed by atoms with Gasteiger partial charge in [-0.2, -0.15) is 0 Å². The number of carbonyl (C=O) groups excluding carboxylic acids is 1. The maximum Gasteiger partial charge on any atom is 0.310 e. The molecule has 2 aromatic rings. The van der Waals surface area contributed by atoms with E-state index in [1.54, 1.807) is 0 Å². The summed E-state index contributed by atoms with van der Waals surface area (Å²) in [5, 5.41) is 1.18. The summed E-state index contributed by atoms with van der Waals surface area (Å²) >= 11 is 0. The van der Waals surface area contributed by atoms with Crippen molar-refractivity contribution in [1.82, 2.24) is 4.23 Å². The van der Waals surface area contributed by atoms with Gasteiger partial charge in [0, 0.05) is 17.1 Å². The van der Waals surface area contributed by atoms with Crippen molar-refractivity contribution in [3.05, 3.63) is 36.0 Å². The van der Waals surface area contributed by atoms with Crippen LogP contribution in [0.1, 0.15) is 47.1 Å². The van der Waals surface area contributed by atoms with Crippen LogP contribution in [0, 0.1) is 0 Å². The summed E-state index contributed by atoms with van der Waals surface area (Å²) < 4.78 is 7.47. The van der Waals surface area contributed by atoms with Gasteiger partial charge >= 0.3 is 5.97 Å². The third kappa shape index (κ3) is 2.92. The summed E-state index contributed by atoms with van der Waals surface area (Å²) in [5.74, 6) is -0.177. The van der Waals surface area contributed by atoms with E-state index in [-0.39, 0.29) is 5.97 Å². The van der Waals surface area contributed by atoms with Crippen LogP contribution in [0.4, 0.5) is 0 Å². The fourth-order valence-electron chi connectivity index (χ4n) is 4.77. The van der Waals surface area contributed by atoms with Crippen molar-refractivity contribution in [3.8, 4) is 0 Å². The molecule has 0 fully saturated rings. The molecule has 4 heteroatoms. The number of esters is 1. The molecule has 0 N–H and O–H groups in total. The van der Waals surface area contributed by atoms with E-state index < -0.39 is 8.24 Å². The number of methoxy groups -OCH3 is 1. The van der Waals surface area contributed by atoms with E-state index in [2.05, 4.69) is 76.2 Å². The molecular weight excluding hydrogens is 314 g/mol. The monoisotopic (exact) mass is 345 g/mol.